The van der Waals surface area contributed by atoms with Crippen molar-refractivity contribution in [2.45, 2.75) is 19.8 Å². The first-order chi connectivity index (χ1) is 9.54. The van der Waals surface area contributed by atoms with Crippen molar-refractivity contribution < 1.29 is 4.79 Å². The second kappa shape index (κ2) is 8.43. The smallest absolute Gasteiger partial charge is 0.251 e. The molecule has 20 heavy (non-hydrogen) atoms. The molecule has 1 aromatic rings. The summed E-state index contributed by atoms with van der Waals surface area (Å²) < 4.78 is 0. The average Bonchev–Trinajstić information content (AvgIpc) is 2.39. The Balaban J connectivity index is 2.45. The van der Waals surface area contributed by atoms with Crippen molar-refractivity contribution in [3.05, 3.63) is 23.8 Å². The van der Waals surface area contributed by atoms with Gasteiger partial charge in [-0.1, -0.05) is 0 Å². The summed E-state index contributed by atoms with van der Waals surface area (Å²) in [5.74, 6) is -0.0864. The summed E-state index contributed by atoms with van der Waals surface area (Å²) in [5, 5.41) is 6.07. The second-order valence-corrected chi connectivity index (χ2v) is 5.10. The fraction of sp³-hybridized carbons (Fsp3) is 0.533. The molecule has 0 aliphatic carbocycles. The molecule has 1 amide bonds. The van der Waals surface area contributed by atoms with E-state index in [1.54, 1.807) is 12.1 Å². The molecular weight excluding hydrogens is 252 g/mol. The summed E-state index contributed by atoms with van der Waals surface area (Å²) in [7, 11) is 4.15. The van der Waals surface area contributed by atoms with Crippen LogP contribution in [0.2, 0.25) is 0 Å². The summed E-state index contributed by atoms with van der Waals surface area (Å²) in [6, 6.07) is 5.38. The van der Waals surface area contributed by atoms with Crippen LogP contribution in [0.1, 0.15) is 30.1 Å². The van der Waals surface area contributed by atoms with Crippen molar-refractivity contribution in [1.29, 1.82) is 0 Å². The van der Waals surface area contributed by atoms with Gasteiger partial charge in [-0.05, 0) is 58.6 Å². The highest BCUT2D eigenvalue weighted by Crippen LogP contribution is 2.19. The van der Waals surface area contributed by atoms with Crippen molar-refractivity contribution in [3.63, 3.8) is 0 Å². The van der Waals surface area contributed by atoms with Gasteiger partial charge in [-0.25, -0.2) is 0 Å². The molecule has 0 aromatic heterocycles. The quantitative estimate of drug-likeness (QED) is 0.501. The third-order valence-electron chi connectivity index (χ3n) is 3.00. The molecule has 0 saturated heterocycles. The number of nitrogens with one attached hydrogen (secondary N) is 2. The number of anilines is 2. The van der Waals surface area contributed by atoms with E-state index < -0.39 is 0 Å². The van der Waals surface area contributed by atoms with Gasteiger partial charge in [0.25, 0.3) is 5.91 Å². The van der Waals surface area contributed by atoms with Crippen molar-refractivity contribution >= 4 is 17.3 Å². The maximum atomic E-state index is 11.7. The molecule has 5 nitrogen and oxygen atoms in total. The summed E-state index contributed by atoms with van der Waals surface area (Å²) in [6.07, 6.45) is 2.24. The Hall–Kier alpha value is -1.75. The summed E-state index contributed by atoms with van der Waals surface area (Å²) in [5.41, 5.74) is 8.07. The number of nitrogens with zero attached hydrogens (tertiary/aromatic N) is 1. The number of unbranched alkanes of at least 4 members (excludes halogenated alkanes) is 1. The van der Waals surface area contributed by atoms with E-state index in [1.165, 1.54) is 0 Å². The summed E-state index contributed by atoms with van der Waals surface area (Å²) in [6.45, 7) is 4.49. The van der Waals surface area contributed by atoms with E-state index in [2.05, 4.69) is 29.6 Å². The van der Waals surface area contributed by atoms with Gasteiger partial charge >= 0.3 is 0 Å². The lowest BCUT2D eigenvalue weighted by Crippen LogP contribution is -2.22. The highest BCUT2D eigenvalue weighted by molar-refractivity contribution is 5.96. The van der Waals surface area contributed by atoms with Crippen LogP contribution >= 0.6 is 0 Å². The molecule has 0 atom stereocenters. The zero-order chi connectivity index (χ0) is 15.0. The lowest BCUT2D eigenvalue weighted by atomic mass is 10.1. The van der Waals surface area contributed by atoms with Crippen LogP contribution in [0.25, 0.3) is 0 Å². The third kappa shape index (κ3) is 5.48. The molecule has 112 valence electrons. The van der Waals surface area contributed by atoms with Crippen LogP contribution in [0.4, 0.5) is 11.4 Å². The van der Waals surface area contributed by atoms with E-state index in [9.17, 15) is 4.79 Å². The van der Waals surface area contributed by atoms with Gasteiger partial charge in [-0.2, -0.15) is 0 Å². The zero-order valence-corrected chi connectivity index (χ0v) is 12.7. The van der Waals surface area contributed by atoms with Crippen molar-refractivity contribution in [2.24, 2.45) is 0 Å². The number of carbonyl (C=O) groups is 1. The molecule has 1 aromatic carbocycles. The van der Waals surface area contributed by atoms with Gasteiger partial charge in [0.05, 0.1) is 11.4 Å². The number of benzene rings is 1. The molecule has 5 heteroatoms. The molecule has 4 N–H and O–H groups in total. The first kappa shape index (κ1) is 16.3. The van der Waals surface area contributed by atoms with Crippen LogP contribution in [-0.2, 0) is 0 Å². The van der Waals surface area contributed by atoms with Crippen LogP contribution in [0, 0.1) is 0 Å². The molecule has 0 heterocycles. The average molecular weight is 278 g/mol. The van der Waals surface area contributed by atoms with Gasteiger partial charge in [0, 0.05) is 18.7 Å². The Bertz CT molecular complexity index is 432. The van der Waals surface area contributed by atoms with E-state index >= 15 is 0 Å². The monoisotopic (exact) mass is 278 g/mol. The van der Waals surface area contributed by atoms with Gasteiger partial charge in [0.2, 0.25) is 0 Å². The third-order valence-corrected chi connectivity index (χ3v) is 3.00. The van der Waals surface area contributed by atoms with Crippen LogP contribution < -0.4 is 16.4 Å². The fourth-order valence-corrected chi connectivity index (χ4v) is 1.90. The highest BCUT2D eigenvalue weighted by Gasteiger charge is 2.06. The molecule has 0 aliphatic rings. The number of hydrogen-bond donors (Lipinski definition) is 3. The largest absolute Gasteiger partial charge is 0.397 e. The van der Waals surface area contributed by atoms with E-state index in [1.807, 2.05) is 13.0 Å². The molecule has 0 spiro atoms. The minimum atomic E-state index is -0.0864. The standard InChI is InChI=1S/C15H26N4O/c1-4-17-15(20)12-7-8-14(13(16)11-12)18-9-5-6-10-19(2)3/h7-8,11,18H,4-6,9-10,16H2,1-3H3,(H,17,20). The normalized spacial score (nSPS) is 10.6. The van der Waals surface area contributed by atoms with E-state index in [0.29, 0.717) is 17.8 Å². The fourth-order valence-electron chi connectivity index (χ4n) is 1.90. The number of amides is 1. The van der Waals surface area contributed by atoms with E-state index in [4.69, 9.17) is 5.73 Å². The first-order valence-electron chi connectivity index (χ1n) is 7.11. The Morgan fingerprint density at radius 2 is 2.05 bits per heavy atom. The molecule has 0 bridgehead atoms. The van der Waals surface area contributed by atoms with Crippen LogP contribution in [0.5, 0.6) is 0 Å². The maximum Gasteiger partial charge on any atom is 0.251 e. The van der Waals surface area contributed by atoms with Crippen LogP contribution in [0.3, 0.4) is 0 Å². The van der Waals surface area contributed by atoms with Gasteiger partial charge in [0.1, 0.15) is 0 Å². The number of carbonyl (C=O) groups excluding carboxylic acids is 1. The van der Waals surface area contributed by atoms with Crippen LogP contribution in [0.15, 0.2) is 18.2 Å². The molecule has 0 saturated carbocycles. The van der Waals surface area contributed by atoms with Gasteiger partial charge < -0.3 is 21.3 Å². The van der Waals surface area contributed by atoms with Gasteiger partial charge in [0.15, 0.2) is 0 Å². The topological polar surface area (TPSA) is 70.4 Å². The first-order valence-corrected chi connectivity index (χ1v) is 7.11. The van der Waals surface area contributed by atoms with Crippen molar-refractivity contribution in [3.8, 4) is 0 Å². The predicted molar refractivity (Wildman–Crippen MR) is 85.1 cm³/mol. The molecule has 0 unspecified atom stereocenters. The Morgan fingerprint density at radius 1 is 1.30 bits per heavy atom. The number of nitrogens with two attached hydrogens (primary N) is 1. The van der Waals surface area contributed by atoms with Gasteiger partial charge in [-0.15, -0.1) is 0 Å². The Kier molecular flexibility index (Phi) is 6.87. The van der Waals surface area contributed by atoms with Gasteiger partial charge in [-0.3, -0.25) is 4.79 Å². The maximum absolute atomic E-state index is 11.7. The number of nitrogen functional groups attached to an aromatic ring is 1. The summed E-state index contributed by atoms with van der Waals surface area (Å²) >= 11 is 0. The Labute approximate surface area is 121 Å². The number of rotatable bonds is 8. The van der Waals surface area contributed by atoms with Crippen molar-refractivity contribution in [1.82, 2.24) is 10.2 Å². The van der Waals surface area contributed by atoms with E-state index in [0.717, 1.165) is 31.6 Å². The lowest BCUT2D eigenvalue weighted by molar-refractivity contribution is 0.0956. The van der Waals surface area contributed by atoms with Crippen LogP contribution in [-0.4, -0.2) is 44.5 Å². The zero-order valence-electron chi connectivity index (χ0n) is 12.7. The van der Waals surface area contributed by atoms with E-state index in [-0.39, 0.29) is 5.91 Å². The molecule has 0 fully saturated rings. The molecular formula is C15H26N4O. The molecule has 0 radical (unpaired) electrons. The Morgan fingerprint density at radius 3 is 2.65 bits per heavy atom. The minimum absolute atomic E-state index is 0.0864. The van der Waals surface area contributed by atoms with Crippen molar-refractivity contribution in [2.75, 3.05) is 44.8 Å². The minimum Gasteiger partial charge on any atom is -0.397 e. The number of hydrogen-bond acceptors (Lipinski definition) is 4. The summed E-state index contributed by atoms with van der Waals surface area (Å²) in [4.78, 5) is 13.9. The highest BCUT2D eigenvalue weighted by atomic mass is 16.1. The SMILES string of the molecule is CCNC(=O)c1ccc(NCCCCN(C)C)c(N)c1. The molecule has 1 rings (SSSR count). The second-order valence-electron chi connectivity index (χ2n) is 5.10. The lowest BCUT2D eigenvalue weighted by Gasteiger charge is -2.12. The predicted octanol–water partition coefficient (Wildman–Crippen LogP) is 1.77. The molecule has 0 aliphatic heterocycles.